The molecule has 2 N–H and O–H groups in total. The van der Waals surface area contributed by atoms with Crippen molar-refractivity contribution in [1.29, 1.82) is 0 Å². The quantitative estimate of drug-likeness (QED) is 0.681. The van der Waals surface area contributed by atoms with Gasteiger partial charge in [-0.2, -0.15) is 0 Å². The Kier molecular flexibility index (Phi) is 4.53. The Labute approximate surface area is 107 Å². The molecule has 0 aliphatic heterocycles. The fourth-order valence-electron chi connectivity index (χ4n) is 1.87. The SMILES string of the molecule is C=CCCC1CC1(C)OC(=O)NC(C=C)C(=O)O. The Morgan fingerprint density at radius 3 is 2.78 bits per heavy atom. The molecule has 0 aromatic carbocycles. The molecule has 0 radical (unpaired) electrons. The number of alkyl carbamates (subject to hydrolysis) is 1. The van der Waals surface area contributed by atoms with Crippen LogP contribution in [0.15, 0.2) is 25.3 Å². The van der Waals surface area contributed by atoms with E-state index >= 15 is 0 Å². The van der Waals surface area contributed by atoms with Crippen LogP contribution >= 0.6 is 0 Å². The van der Waals surface area contributed by atoms with E-state index < -0.39 is 23.7 Å². The van der Waals surface area contributed by atoms with Crippen molar-refractivity contribution in [2.45, 2.75) is 37.8 Å². The number of amides is 1. The van der Waals surface area contributed by atoms with Crippen LogP contribution in [0.3, 0.4) is 0 Å². The van der Waals surface area contributed by atoms with E-state index in [0.717, 1.165) is 25.3 Å². The molecular weight excluding hydrogens is 234 g/mol. The fraction of sp³-hybridized carbons (Fsp3) is 0.538. The van der Waals surface area contributed by atoms with Crippen LogP contribution in [-0.4, -0.2) is 28.8 Å². The molecule has 1 rings (SSSR count). The topological polar surface area (TPSA) is 75.6 Å². The lowest BCUT2D eigenvalue weighted by molar-refractivity contribution is -0.138. The van der Waals surface area contributed by atoms with Gasteiger partial charge < -0.3 is 15.2 Å². The summed E-state index contributed by atoms with van der Waals surface area (Å²) in [7, 11) is 0. The maximum Gasteiger partial charge on any atom is 0.408 e. The van der Waals surface area contributed by atoms with Gasteiger partial charge in [-0.3, -0.25) is 0 Å². The van der Waals surface area contributed by atoms with Crippen molar-refractivity contribution in [2.75, 3.05) is 0 Å². The summed E-state index contributed by atoms with van der Waals surface area (Å²) >= 11 is 0. The Morgan fingerprint density at radius 1 is 1.61 bits per heavy atom. The van der Waals surface area contributed by atoms with Gasteiger partial charge in [0.2, 0.25) is 0 Å². The second-order valence-corrected chi connectivity index (χ2v) is 4.67. The zero-order chi connectivity index (χ0) is 13.8. The highest BCUT2D eigenvalue weighted by Crippen LogP contribution is 2.49. The predicted octanol–water partition coefficient (Wildman–Crippen LogP) is 2.10. The molecule has 1 amide bonds. The third-order valence-corrected chi connectivity index (χ3v) is 3.18. The number of carboxylic acid groups (broad SMARTS) is 1. The standard InChI is InChI=1S/C13H19NO4/c1-4-6-7-9-8-13(9,3)18-12(17)14-10(5-2)11(15)16/h4-5,9-10H,1-2,6-8H2,3H3,(H,14,17)(H,15,16). The number of nitrogens with one attached hydrogen (secondary N) is 1. The summed E-state index contributed by atoms with van der Waals surface area (Å²) in [6.45, 7) is 8.83. The first-order valence-corrected chi connectivity index (χ1v) is 5.88. The molecule has 5 nitrogen and oxygen atoms in total. The van der Waals surface area contributed by atoms with Gasteiger partial charge in [0.15, 0.2) is 0 Å². The summed E-state index contributed by atoms with van der Waals surface area (Å²) in [5, 5.41) is 11.0. The lowest BCUT2D eigenvalue weighted by Gasteiger charge is -2.16. The van der Waals surface area contributed by atoms with Gasteiger partial charge in [-0.05, 0) is 26.2 Å². The molecule has 0 bridgehead atoms. The number of allylic oxidation sites excluding steroid dienone is 1. The zero-order valence-electron chi connectivity index (χ0n) is 10.5. The number of ether oxygens (including phenoxy) is 1. The van der Waals surface area contributed by atoms with E-state index in [2.05, 4.69) is 18.5 Å². The van der Waals surface area contributed by atoms with E-state index in [0.29, 0.717) is 5.92 Å². The number of carboxylic acids is 1. The molecule has 1 aliphatic rings. The molecule has 1 fully saturated rings. The van der Waals surface area contributed by atoms with Crippen molar-refractivity contribution in [3.63, 3.8) is 0 Å². The van der Waals surface area contributed by atoms with Gasteiger partial charge in [0.05, 0.1) is 0 Å². The van der Waals surface area contributed by atoms with Gasteiger partial charge in [-0.1, -0.05) is 12.2 Å². The number of aliphatic carboxylic acids is 1. The van der Waals surface area contributed by atoms with Crippen LogP contribution in [0.1, 0.15) is 26.2 Å². The molecule has 0 aromatic heterocycles. The fourth-order valence-corrected chi connectivity index (χ4v) is 1.87. The first-order valence-electron chi connectivity index (χ1n) is 5.88. The van der Waals surface area contributed by atoms with Crippen LogP contribution in [0.25, 0.3) is 0 Å². The lowest BCUT2D eigenvalue weighted by atomic mass is 10.2. The number of rotatable bonds is 7. The molecule has 1 saturated carbocycles. The minimum Gasteiger partial charge on any atom is -0.479 e. The first-order chi connectivity index (χ1) is 8.42. The highest BCUT2D eigenvalue weighted by molar-refractivity contribution is 5.81. The smallest absolute Gasteiger partial charge is 0.408 e. The van der Waals surface area contributed by atoms with E-state index in [1.54, 1.807) is 0 Å². The largest absolute Gasteiger partial charge is 0.479 e. The normalized spacial score (nSPS) is 26.8. The van der Waals surface area contributed by atoms with Crippen molar-refractivity contribution >= 4 is 12.1 Å². The van der Waals surface area contributed by atoms with Gasteiger partial charge in [-0.15, -0.1) is 13.2 Å². The van der Waals surface area contributed by atoms with E-state index in [-0.39, 0.29) is 0 Å². The molecule has 18 heavy (non-hydrogen) atoms. The molecule has 3 atom stereocenters. The summed E-state index contributed by atoms with van der Waals surface area (Å²) in [6.07, 6.45) is 4.88. The van der Waals surface area contributed by atoms with Gasteiger partial charge >= 0.3 is 12.1 Å². The Morgan fingerprint density at radius 2 is 2.28 bits per heavy atom. The van der Waals surface area contributed by atoms with Crippen molar-refractivity contribution in [3.05, 3.63) is 25.3 Å². The minimum absolute atomic E-state index is 0.327. The summed E-state index contributed by atoms with van der Waals surface area (Å²) in [5.41, 5.74) is -0.475. The van der Waals surface area contributed by atoms with Crippen molar-refractivity contribution in [2.24, 2.45) is 5.92 Å². The van der Waals surface area contributed by atoms with Crippen molar-refractivity contribution in [3.8, 4) is 0 Å². The van der Waals surface area contributed by atoms with Crippen molar-refractivity contribution in [1.82, 2.24) is 5.32 Å². The highest BCUT2D eigenvalue weighted by Gasteiger charge is 2.53. The number of carbonyl (C=O) groups is 2. The molecule has 5 heteroatoms. The molecule has 100 valence electrons. The number of hydrogen-bond donors (Lipinski definition) is 2. The first kappa shape index (κ1) is 14.3. The Balaban J connectivity index is 2.39. The average molecular weight is 253 g/mol. The van der Waals surface area contributed by atoms with Gasteiger partial charge in [-0.25, -0.2) is 9.59 Å². The predicted molar refractivity (Wildman–Crippen MR) is 67.2 cm³/mol. The van der Waals surface area contributed by atoms with Crippen LogP contribution in [0, 0.1) is 5.92 Å². The molecular formula is C13H19NO4. The summed E-state index contributed by atoms with van der Waals surface area (Å²) in [6, 6.07) is -1.12. The summed E-state index contributed by atoms with van der Waals surface area (Å²) in [5.74, 6) is -0.834. The number of hydrogen-bond acceptors (Lipinski definition) is 3. The average Bonchev–Trinajstić information content (AvgIpc) is 2.93. The third kappa shape index (κ3) is 3.61. The maximum atomic E-state index is 11.5. The minimum atomic E-state index is -1.16. The van der Waals surface area contributed by atoms with Gasteiger partial charge in [0, 0.05) is 5.92 Å². The van der Waals surface area contributed by atoms with Crippen LogP contribution in [-0.2, 0) is 9.53 Å². The second kappa shape index (κ2) is 5.71. The second-order valence-electron chi connectivity index (χ2n) is 4.67. The molecule has 3 unspecified atom stereocenters. The number of carbonyl (C=O) groups excluding carboxylic acids is 1. The van der Waals surface area contributed by atoms with Crippen LogP contribution in [0.4, 0.5) is 4.79 Å². The zero-order valence-corrected chi connectivity index (χ0v) is 10.5. The van der Waals surface area contributed by atoms with Crippen LogP contribution < -0.4 is 5.32 Å². The van der Waals surface area contributed by atoms with Crippen LogP contribution in [0.2, 0.25) is 0 Å². The van der Waals surface area contributed by atoms with E-state index in [4.69, 9.17) is 9.84 Å². The summed E-state index contributed by atoms with van der Waals surface area (Å²) in [4.78, 5) is 22.2. The summed E-state index contributed by atoms with van der Waals surface area (Å²) < 4.78 is 5.25. The molecule has 0 saturated heterocycles. The molecule has 1 aliphatic carbocycles. The third-order valence-electron chi connectivity index (χ3n) is 3.18. The van der Waals surface area contributed by atoms with Gasteiger partial charge in [0.1, 0.15) is 11.6 Å². The van der Waals surface area contributed by atoms with E-state index in [9.17, 15) is 9.59 Å². The lowest BCUT2D eigenvalue weighted by Crippen LogP contribution is -2.41. The maximum absolute atomic E-state index is 11.5. The van der Waals surface area contributed by atoms with Gasteiger partial charge in [0.25, 0.3) is 0 Å². The Bertz CT molecular complexity index is 366. The molecule has 0 spiro atoms. The van der Waals surface area contributed by atoms with Crippen LogP contribution in [0.5, 0.6) is 0 Å². The van der Waals surface area contributed by atoms with E-state index in [1.165, 1.54) is 0 Å². The molecule has 0 heterocycles. The Hall–Kier alpha value is -1.78. The highest BCUT2D eigenvalue weighted by atomic mass is 16.6. The van der Waals surface area contributed by atoms with E-state index in [1.807, 2.05) is 13.0 Å². The van der Waals surface area contributed by atoms with Crippen molar-refractivity contribution < 1.29 is 19.4 Å². The monoisotopic (exact) mass is 253 g/mol. The molecule has 0 aromatic rings.